The first-order valence-corrected chi connectivity index (χ1v) is 3.16. The van der Waals surface area contributed by atoms with Gasteiger partial charge in [-0.15, -0.1) is 0 Å². The molecule has 0 aromatic carbocycles. The summed E-state index contributed by atoms with van der Waals surface area (Å²) in [5.74, 6) is 0. The number of rotatable bonds is 2. The lowest BCUT2D eigenvalue weighted by Crippen LogP contribution is -2.26. The van der Waals surface area contributed by atoms with Crippen molar-refractivity contribution in [3.8, 4) is 0 Å². The molecule has 0 bridgehead atoms. The van der Waals surface area contributed by atoms with Gasteiger partial charge in [0.25, 0.3) is 0 Å². The van der Waals surface area contributed by atoms with Crippen molar-refractivity contribution in [2.75, 3.05) is 0 Å². The third kappa shape index (κ3) is 4.93. The number of amides is 1. The molecule has 0 unspecified atom stereocenters. The first-order chi connectivity index (χ1) is 4.33. The van der Waals surface area contributed by atoms with Crippen molar-refractivity contribution < 1.29 is 14.7 Å². The maximum Gasteiger partial charge on any atom is 0.491 e. The molecule has 0 N–H and O–H groups in total. The van der Waals surface area contributed by atoms with Crippen LogP contribution in [0.5, 0.6) is 0 Å². The number of hydrogen-bond donors (Lipinski definition) is 0. The fourth-order valence-corrected chi connectivity index (χ4v) is 0.525. The predicted octanol–water partition coefficient (Wildman–Crippen LogP) is 2.08. The van der Waals surface area contributed by atoms with E-state index in [4.69, 9.17) is 35.0 Å². The number of carbonyl (C=O) groups excluding carboxylic acids is 1. The van der Waals surface area contributed by atoms with E-state index in [2.05, 4.69) is 4.84 Å². The Kier molecular flexibility index (Phi) is 3.51. The van der Waals surface area contributed by atoms with Gasteiger partial charge >= 0.3 is 6.09 Å². The van der Waals surface area contributed by atoms with Crippen molar-refractivity contribution in [2.24, 2.45) is 0 Å². The lowest BCUT2D eigenvalue weighted by molar-refractivity contribution is -0.0970. The topological polar surface area (TPSA) is 49.4 Å². The number of nitrogens with zero attached hydrogens (tertiary/aromatic N) is 1. The van der Waals surface area contributed by atoms with Gasteiger partial charge in [0.2, 0.25) is 4.52 Å². The van der Waals surface area contributed by atoms with Gasteiger partial charge in [0, 0.05) is 11.8 Å². The van der Waals surface area contributed by atoms with Crippen LogP contribution in [0.25, 0.3) is 0 Å². The van der Waals surface area contributed by atoms with E-state index in [1.807, 2.05) is 0 Å². The lowest BCUT2D eigenvalue weighted by Gasteiger charge is -2.16. The largest absolute Gasteiger partial charge is 0.491 e. The van der Waals surface area contributed by atoms with Crippen molar-refractivity contribution >= 4 is 41.1 Å². The number of hydroxylamine groups is 1. The second-order valence-electron chi connectivity index (χ2n) is 1.41. The van der Waals surface area contributed by atoms with E-state index >= 15 is 0 Å². The molecule has 0 heterocycles. The highest BCUT2D eigenvalue weighted by molar-refractivity contribution is 6.47. The van der Waals surface area contributed by atoms with E-state index in [0.717, 1.165) is 0 Å². The molecule has 0 rings (SSSR count). The highest BCUT2D eigenvalue weighted by atomic mass is 35.5. The van der Waals surface area contributed by atoms with E-state index in [1.165, 1.54) is 6.92 Å². The molecule has 4 nitrogen and oxygen atoms in total. The average Bonchev–Trinajstić information content (AvgIpc) is 1.60. The molecule has 10 heavy (non-hydrogen) atoms. The maximum atomic E-state index is 9.82. The van der Waals surface area contributed by atoms with Gasteiger partial charge in [-0.3, -0.25) is 0 Å². The Bertz CT molecular complexity index is 133. The van der Waals surface area contributed by atoms with Gasteiger partial charge in [0.1, 0.15) is 0 Å². The minimum absolute atomic E-state index is 0.111. The highest BCUT2D eigenvalue weighted by Crippen LogP contribution is 2.23. The Morgan fingerprint density at radius 2 is 2.00 bits per heavy atom. The molecule has 1 radical (unpaired) electrons. The highest BCUT2D eigenvalue weighted by Gasteiger charge is 2.25. The molecule has 0 aliphatic heterocycles. The van der Waals surface area contributed by atoms with Crippen molar-refractivity contribution in [3.63, 3.8) is 0 Å². The van der Waals surface area contributed by atoms with E-state index in [-0.39, 0.29) is 4.58 Å². The Morgan fingerprint density at radius 3 is 2.10 bits per heavy atom. The molecule has 0 aliphatic carbocycles. The van der Waals surface area contributed by atoms with Crippen LogP contribution in [-0.2, 0) is 9.94 Å². The van der Waals surface area contributed by atoms with E-state index in [1.54, 1.807) is 0 Å². The van der Waals surface area contributed by atoms with Crippen molar-refractivity contribution in [3.05, 3.63) is 0 Å². The first-order valence-electron chi connectivity index (χ1n) is 2.07. The van der Waals surface area contributed by atoms with Crippen molar-refractivity contribution in [1.82, 2.24) is 4.58 Å². The summed E-state index contributed by atoms with van der Waals surface area (Å²) in [4.78, 5) is 14.0. The second kappa shape index (κ2) is 3.48. The van der Waals surface area contributed by atoms with Crippen LogP contribution in [0.4, 0.5) is 4.79 Å². The van der Waals surface area contributed by atoms with Crippen LogP contribution in [-0.4, -0.2) is 15.2 Å². The SMILES string of the molecule is CC(Cl)(Cl)ON(Cl)C([O])=O. The fourth-order valence-electron chi connectivity index (χ4n) is 0.178. The summed E-state index contributed by atoms with van der Waals surface area (Å²) in [7, 11) is 0. The summed E-state index contributed by atoms with van der Waals surface area (Å²) in [6.07, 6.45) is -1.74. The van der Waals surface area contributed by atoms with Gasteiger partial charge in [-0.1, -0.05) is 27.8 Å². The zero-order chi connectivity index (χ0) is 8.36. The summed E-state index contributed by atoms with van der Waals surface area (Å²) in [5.41, 5.74) is 0. The molecule has 0 atom stereocenters. The molecule has 0 saturated heterocycles. The Balaban J connectivity index is 3.80. The molecular weight excluding hydrogens is 204 g/mol. The normalized spacial score (nSPS) is 11.2. The summed E-state index contributed by atoms with van der Waals surface area (Å²) < 4.78 is -1.79. The summed E-state index contributed by atoms with van der Waals surface area (Å²) in [6, 6.07) is 0. The Labute approximate surface area is 72.3 Å². The van der Waals surface area contributed by atoms with Crippen LogP contribution in [0.3, 0.4) is 0 Å². The molecule has 1 amide bonds. The Morgan fingerprint density at radius 1 is 1.60 bits per heavy atom. The number of alkyl halides is 2. The van der Waals surface area contributed by atoms with Crippen molar-refractivity contribution in [1.29, 1.82) is 0 Å². The van der Waals surface area contributed by atoms with Gasteiger partial charge in [-0.25, -0.2) is 14.7 Å². The van der Waals surface area contributed by atoms with Gasteiger partial charge in [-0.2, -0.15) is 0 Å². The number of halogens is 3. The summed E-state index contributed by atoms with van der Waals surface area (Å²) >= 11 is 15.3. The van der Waals surface area contributed by atoms with Crippen LogP contribution in [0.1, 0.15) is 6.92 Å². The maximum absolute atomic E-state index is 9.82. The number of carbonyl (C=O) groups is 1. The van der Waals surface area contributed by atoms with Crippen LogP contribution >= 0.6 is 35.0 Å². The molecule has 0 saturated carbocycles. The standard InChI is InChI=1S/C3H3Cl3NO3/c1-3(4,5)10-7(6)2(8)9/h1H3. The zero-order valence-electron chi connectivity index (χ0n) is 4.81. The molecule has 7 heteroatoms. The third-order valence-electron chi connectivity index (χ3n) is 0.384. The Hall–Kier alpha value is 0.1000. The molecule has 0 aromatic rings. The summed E-state index contributed by atoms with van der Waals surface area (Å²) in [6.45, 7) is 1.20. The van der Waals surface area contributed by atoms with Gasteiger partial charge in [0.15, 0.2) is 0 Å². The summed E-state index contributed by atoms with van der Waals surface area (Å²) in [5, 5.41) is 9.82. The van der Waals surface area contributed by atoms with Crippen LogP contribution in [0.15, 0.2) is 0 Å². The molecule has 59 valence electrons. The van der Waals surface area contributed by atoms with Gasteiger partial charge in [-0.05, 0) is 6.92 Å². The molecule has 0 aliphatic rings. The smallest absolute Gasteiger partial charge is 0.216 e. The minimum Gasteiger partial charge on any atom is -0.216 e. The van der Waals surface area contributed by atoms with E-state index < -0.39 is 10.6 Å². The minimum atomic E-state index is -1.74. The van der Waals surface area contributed by atoms with Crippen LogP contribution in [0.2, 0.25) is 0 Å². The average molecular weight is 207 g/mol. The molecule has 0 aromatic heterocycles. The lowest BCUT2D eigenvalue weighted by atomic mass is 10.9. The van der Waals surface area contributed by atoms with Gasteiger partial charge in [0.05, 0.1) is 0 Å². The molecule has 0 spiro atoms. The predicted molar refractivity (Wildman–Crippen MR) is 35.0 cm³/mol. The van der Waals surface area contributed by atoms with E-state index in [9.17, 15) is 9.90 Å². The fraction of sp³-hybridized carbons (Fsp3) is 0.667. The third-order valence-corrected chi connectivity index (χ3v) is 0.729. The second-order valence-corrected chi connectivity index (χ2v) is 3.35. The van der Waals surface area contributed by atoms with Gasteiger partial charge < -0.3 is 0 Å². The van der Waals surface area contributed by atoms with Crippen molar-refractivity contribution in [2.45, 2.75) is 11.4 Å². The molecular formula is C3H3Cl3NO3. The number of hydrogen-bond acceptors (Lipinski definition) is 2. The molecule has 0 fully saturated rings. The van der Waals surface area contributed by atoms with E-state index in [0.29, 0.717) is 0 Å². The van der Waals surface area contributed by atoms with Crippen LogP contribution < -0.4 is 0 Å². The zero-order valence-corrected chi connectivity index (χ0v) is 7.07. The quantitative estimate of drug-likeness (QED) is 0.395. The van der Waals surface area contributed by atoms with Crippen LogP contribution in [0, 0.1) is 0 Å². The monoisotopic (exact) mass is 206 g/mol. The first kappa shape index (κ1) is 10.1.